The zero-order valence-corrected chi connectivity index (χ0v) is 12.7. The largest absolute Gasteiger partial charge is 0.373 e. The van der Waals surface area contributed by atoms with Crippen LogP contribution in [-0.2, 0) is 19.3 Å². The smallest absolute Gasteiger partial charge is 0.132 e. The highest BCUT2D eigenvalue weighted by Gasteiger charge is 2.18. The molecule has 0 aliphatic heterocycles. The summed E-state index contributed by atoms with van der Waals surface area (Å²) in [7, 11) is 1.89. The van der Waals surface area contributed by atoms with Gasteiger partial charge in [-0.2, -0.15) is 0 Å². The molecule has 4 heteroatoms. The molecule has 21 heavy (non-hydrogen) atoms. The Hall–Kier alpha value is -2.10. The summed E-state index contributed by atoms with van der Waals surface area (Å²) in [5, 5.41) is 6.68. The van der Waals surface area contributed by atoms with E-state index in [0.717, 1.165) is 43.1 Å². The van der Waals surface area contributed by atoms with Gasteiger partial charge >= 0.3 is 0 Å². The van der Waals surface area contributed by atoms with Crippen molar-refractivity contribution in [3.05, 3.63) is 47.3 Å². The molecule has 0 spiro atoms. The molecule has 1 unspecified atom stereocenters. The molecule has 110 valence electrons. The molecular formula is C17H22N4. The van der Waals surface area contributed by atoms with Gasteiger partial charge in [0.2, 0.25) is 0 Å². The summed E-state index contributed by atoms with van der Waals surface area (Å²) in [5.74, 6) is 2.68. The van der Waals surface area contributed by atoms with Crippen LogP contribution in [0.5, 0.6) is 0 Å². The highest BCUT2D eigenvalue weighted by Crippen LogP contribution is 2.23. The van der Waals surface area contributed by atoms with Crippen LogP contribution >= 0.6 is 0 Å². The predicted octanol–water partition coefficient (Wildman–Crippen LogP) is 3.05. The molecule has 3 rings (SSSR count). The maximum atomic E-state index is 4.59. The number of hydrogen-bond acceptors (Lipinski definition) is 4. The lowest BCUT2D eigenvalue weighted by molar-refractivity contribution is 0.608. The number of anilines is 2. The van der Waals surface area contributed by atoms with Crippen LogP contribution in [0.2, 0.25) is 0 Å². The quantitative estimate of drug-likeness (QED) is 0.905. The molecule has 0 fully saturated rings. The van der Waals surface area contributed by atoms with Gasteiger partial charge in [0.1, 0.15) is 17.5 Å². The van der Waals surface area contributed by atoms with Gasteiger partial charge < -0.3 is 10.6 Å². The molecule has 0 radical (unpaired) electrons. The molecule has 1 aliphatic carbocycles. The summed E-state index contributed by atoms with van der Waals surface area (Å²) in [6.07, 6.45) is 4.20. The van der Waals surface area contributed by atoms with Crippen molar-refractivity contribution in [1.29, 1.82) is 0 Å². The van der Waals surface area contributed by atoms with Gasteiger partial charge in [-0.25, -0.2) is 9.97 Å². The second kappa shape index (κ2) is 6.12. The Balaban J connectivity index is 1.76. The zero-order valence-electron chi connectivity index (χ0n) is 12.7. The van der Waals surface area contributed by atoms with Crippen LogP contribution in [0.3, 0.4) is 0 Å². The lowest BCUT2D eigenvalue weighted by atomic mass is 9.88. The SMILES string of the molecule is CCc1nc(NC)cc(NC2CCc3ccccc3C2)n1. The van der Waals surface area contributed by atoms with Gasteiger partial charge in [-0.3, -0.25) is 0 Å². The molecule has 1 aromatic heterocycles. The van der Waals surface area contributed by atoms with Crippen molar-refractivity contribution in [2.24, 2.45) is 0 Å². The fourth-order valence-corrected chi connectivity index (χ4v) is 2.89. The van der Waals surface area contributed by atoms with E-state index in [1.165, 1.54) is 11.1 Å². The Morgan fingerprint density at radius 3 is 2.67 bits per heavy atom. The first kappa shape index (κ1) is 13.9. The first-order valence-electron chi connectivity index (χ1n) is 7.67. The summed E-state index contributed by atoms with van der Waals surface area (Å²) in [6.45, 7) is 2.08. The van der Waals surface area contributed by atoms with Gasteiger partial charge in [-0.1, -0.05) is 31.2 Å². The minimum absolute atomic E-state index is 0.448. The number of hydrogen-bond donors (Lipinski definition) is 2. The number of benzene rings is 1. The standard InChI is InChI=1S/C17H22N4/c1-3-15-20-16(18-2)11-17(21-15)19-14-9-8-12-6-4-5-7-13(12)10-14/h4-7,11,14H,3,8-10H2,1-2H3,(H2,18,19,20,21). The van der Waals surface area contributed by atoms with Crippen LogP contribution in [0.4, 0.5) is 11.6 Å². The van der Waals surface area contributed by atoms with Crippen molar-refractivity contribution in [2.75, 3.05) is 17.7 Å². The van der Waals surface area contributed by atoms with E-state index in [-0.39, 0.29) is 0 Å². The van der Waals surface area contributed by atoms with Gasteiger partial charge in [0.25, 0.3) is 0 Å². The van der Waals surface area contributed by atoms with Crippen LogP contribution in [0.15, 0.2) is 30.3 Å². The molecule has 0 saturated carbocycles. The summed E-state index contributed by atoms with van der Waals surface area (Å²) in [6, 6.07) is 11.2. The summed E-state index contributed by atoms with van der Waals surface area (Å²) in [5.41, 5.74) is 2.95. The predicted molar refractivity (Wildman–Crippen MR) is 86.8 cm³/mol. The van der Waals surface area contributed by atoms with Crippen molar-refractivity contribution < 1.29 is 0 Å². The normalized spacial score (nSPS) is 17.1. The zero-order chi connectivity index (χ0) is 14.7. The Morgan fingerprint density at radius 2 is 1.90 bits per heavy atom. The van der Waals surface area contributed by atoms with Gasteiger partial charge in [0.05, 0.1) is 0 Å². The number of nitrogens with zero attached hydrogens (tertiary/aromatic N) is 2. The van der Waals surface area contributed by atoms with Crippen molar-refractivity contribution in [1.82, 2.24) is 9.97 Å². The van der Waals surface area contributed by atoms with Crippen LogP contribution in [-0.4, -0.2) is 23.1 Å². The van der Waals surface area contributed by atoms with E-state index in [1.807, 2.05) is 13.1 Å². The summed E-state index contributed by atoms with van der Waals surface area (Å²) >= 11 is 0. The van der Waals surface area contributed by atoms with Gasteiger partial charge in [0.15, 0.2) is 0 Å². The fraction of sp³-hybridized carbons (Fsp3) is 0.412. The van der Waals surface area contributed by atoms with Crippen LogP contribution in [0, 0.1) is 0 Å². The Kier molecular flexibility index (Phi) is 4.04. The molecule has 2 aromatic rings. The van der Waals surface area contributed by atoms with E-state index in [1.54, 1.807) is 0 Å². The number of fused-ring (bicyclic) bond motifs is 1. The Labute approximate surface area is 126 Å². The molecule has 1 aromatic carbocycles. The van der Waals surface area contributed by atoms with Crippen molar-refractivity contribution in [3.8, 4) is 0 Å². The first-order valence-corrected chi connectivity index (χ1v) is 7.67. The van der Waals surface area contributed by atoms with Crippen molar-refractivity contribution in [2.45, 2.75) is 38.6 Å². The molecule has 4 nitrogen and oxygen atoms in total. The fourth-order valence-electron chi connectivity index (χ4n) is 2.89. The van der Waals surface area contributed by atoms with Crippen LogP contribution in [0.1, 0.15) is 30.3 Å². The van der Waals surface area contributed by atoms with Crippen molar-refractivity contribution >= 4 is 11.6 Å². The lowest BCUT2D eigenvalue weighted by Gasteiger charge is -2.26. The third-order valence-corrected chi connectivity index (χ3v) is 4.04. The topological polar surface area (TPSA) is 49.8 Å². The average molecular weight is 282 g/mol. The second-order valence-corrected chi connectivity index (χ2v) is 5.51. The van der Waals surface area contributed by atoms with Crippen LogP contribution < -0.4 is 10.6 Å². The van der Waals surface area contributed by atoms with E-state index < -0.39 is 0 Å². The van der Waals surface area contributed by atoms with E-state index in [9.17, 15) is 0 Å². The highest BCUT2D eigenvalue weighted by molar-refractivity contribution is 5.48. The minimum atomic E-state index is 0.448. The molecule has 2 N–H and O–H groups in total. The maximum absolute atomic E-state index is 4.59. The van der Waals surface area contributed by atoms with E-state index in [2.05, 4.69) is 51.8 Å². The summed E-state index contributed by atoms with van der Waals surface area (Å²) < 4.78 is 0. The minimum Gasteiger partial charge on any atom is -0.373 e. The third kappa shape index (κ3) is 3.15. The van der Waals surface area contributed by atoms with Gasteiger partial charge in [-0.05, 0) is 30.4 Å². The molecule has 0 saturated heterocycles. The molecule has 1 heterocycles. The second-order valence-electron chi connectivity index (χ2n) is 5.51. The molecule has 1 atom stereocenters. The molecular weight excluding hydrogens is 260 g/mol. The number of rotatable bonds is 4. The van der Waals surface area contributed by atoms with Gasteiger partial charge in [0, 0.05) is 25.6 Å². The third-order valence-electron chi connectivity index (χ3n) is 4.04. The summed E-state index contributed by atoms with van der Waals surface area (Å²) in [4.78, 5) is 9.02. The molecule has 0 bridgehead atoms. The average Bonchev–Trinajstić information content (AvgIpc) is 2.54. The van der Waals surface area contributed by atoms with E-state index >= 15 is 0 Å². The van der Waals surface area contributed by atoms with E-state index in [0.29, 0.717) is 6.04 Å². The molecule has 1 aliphatic rings. The van der Waals surface area contributed by atoms with Crippen molar-refractivity contribution in [3.63, 3.8) is 0 Å². The Morgan fingerprint density at radius 1 is 1.14 bits per heavy atom. The monoisotopic (exact) mass is 282 g/mol. The Bertz CT molecular complexity index is 602. The maximum Gasteiger partial charge on any atom is 0.132 e. The lowest BCUT2D eigenvalue weighted by Crippen LogP contribution is -2.28. The number of nitrogens with one attached hydrogen (secondary N) is 2. The first-order chi connectivity index (χ1) is 10.3. The number of aryl methyl sites for hydroxylation is 2. The van der Waals surface area contributed by atoms with E-state index in [4.69, 9.17) is 0 Å². The van der Waals surface area contributed by atoms with Gasteiger partial charge in [-0.15, -0.1) is 0 Å². The number of aromatic nitrogens is 2. The van der Waals surface area contributed by atoms with Crippen LogP contribution in [0.25, 0.3) is 0 Å². The molecule has 0 amide bonds. The highest BCUT2D eigenvalue weighted by atomic mass is 15.1.